The standard InChI is InChI=1S/C11H16O3/c1-8(2)11-4-3-9(12)7-10(11)13-5-6-14-11/h3-4,8,10H,5-7H2,1-2H3/t10-,11-/m0/s1. The fraction of sp³-hybridized carbons (Fsp3) is 0.727. The van der Waals surface area contributed by atoms with Gasteiger partial charge in [-0.15, -0.1) is 0 Å². The van der Waals surface area contributed by atoms with Crippen LogP contribution in [-0.4, -0.2) is 30.7 Å². The summed E-state index contributed by atoms with van der Waals surface area (Å²) in [6.45, 7) is 5.41. The Hall–Kier alpha value is -0.670. The number of allylic oxidation sites excluding steroid dienone is 1. The summed E-state index contributed by atoms with van der Waals surface area (Å²) in [5, 5.41) is 0. The zero-order valence-electron chi connectivity index (χ0n) is 8.66. The molecule has 0 unspecified atom stereocenters. The summed E-state index contributed by atoms with van der Waals surface area (Å²) in [7, 11) is 0. The van der Waals surface area contributed by atoms with Crippen LogP contribution in [-0.2, 0) is 14.3 Å². The lowest BCUT2D eigenvalue weighted by Crippen LogP contribution is -2.55. The van der Waals surface area contributed by atoms with Gasteiger partial charge in [0, 0.05) is 6.42 Å². The van der Waals surface area contributed by atoms with E-state index in [2.05, 4.69) is 13.8 Å². The summed E-state index contributed by atoms with van der Waals surface area (Å²) in [6.07, 6.45) is 3.88. The molecular formula is C11H16O3. The van der Waals surface area contributed by atoms with Crippen molar-refractivity contribution in [1.82, 2.24) is 0 Å². The van der Waals surface area contributed by atoms with E-state index < -0.39 is 0 Å². The first-order chi connectivity index (χ1) is 6.65. The lowest BCUT2D eigenvalue weighted by molar-refractivity contribution is -0.202. The summed E-state index contributed by atoms with van der Waals surface area (Å²) in [4.78, 5) is 11.3. The van der Waals surface area contributed by atoms with Gasteiger partial charge in [-0.05, 0) is 18.1 Å². The minimum Gasteiger partial charge on any atom is -0.372 e. The van der Waals surface area contributed by atoms with Crippen LogP contribution in [0.1, 0.15) is 20.3 Å². The molecule has 0 aromatic carbocycles. The quantitative estimate of drug-likeness (QED) is 0.634. The van der Waals surface area contributed by atoms with Crippen molar-refractivity contribution in [3.8, 4) is 0 Å². The van der Waals surface area contributed by atoms with Crippen LogP contribution < -0.4 is 0 Å². The second kappa shape index (κ2) is 3.48. The molecule has 2 aliphatic rings. The van der Waals surface area contributed by atoms with E-state index in [9.17, 15) is 4.79 Å². The zero-order chi connectivity index (χ0) is 10.2. The molecule has 1 fully saturated rings. The molecule has 1 aliphatic carbocycles. The molecule has 0 aromatic rings. The van der Waals surface area contributed by atoms with Crippen LogP contribution in [0.4, 0.5) is 0 Å². The van der Waals surface area contributed by atoms with Gasteiger partial charge in [-0.25, -0.2) is 0 Å². The van der Waals surface area contributed by atoms with Crippen LogP contribution in [0.15, 0.2) is 12.2 Å². The van der Waals surface area contributed by atoms with Gasteiger partial charge < -0.3 is 9.47 Å². The minimum absolute atomic E-state index is 0.0891. The maximum absolute atomic E-state index is 11.3. The van der Waals surface area contributed by atoms with Gasteiger partial charge in [0.2, 0.25) is 0 Å². The van der Waals surface area contributed by atoms with Crippen molar-refractivity contribution in [2.45, 2.75) is 32.0 Å². The highest BCUT2D eigenvalue weighted by Gasteiger charge is 2.46. The molecule has 0 bridgehead atoms. The average Bonchev–Trinajstić information content (AvgIpc) is 2.17. The van der Waals surface area contributed by atoms with E-state index in [1.807, 2.05) is 6.08 Å². The average molecular weight is 196 g/mol. The number of carbonyl (C=O) groups excluding carboxylic acids is 1. The summed E-state index contributed by atoms with van der Waals surface area (Å²) in [6, 6.07) is 0. The monoisotopic (exact) mass is 196 g/mol. The molecular weight excluding hydrogens is 180 g/mol. The SMILES string of the molecule is CC(C)[C@@]12C=CC(=O)C[C@@H]1OCCO2. The third-order valence-corrected chi connectivity index (χ3v) is 3.08. The Bertz CT molecular complexity index is 270. The Kier molecular flexibility index (Phi) is 2.45. The number of ether oxygens (including phenoxy) is 2. The molecule has 3 heteroatoms. The maximum atomic E-state index is 11.3. The first-order valence-electron chi connectivity index (χ1n) is 5.13. The Morgan fingerprint density at radius 3 is 3.00 bits per heavy atom. The molecule has 0 aromatic heterocycles. The zero-order valence-corrected chi connectivity index (χ0v) is 8.66. The van der Waals surface area contributed by atoms with Crippen LogP contribution in [0.2, 0.25) is 0 Å². The fourth-order valence-electron chi connectivity index (χ4n) is 2.21. The lowest BCUT2D eigenvalue weighted by atomic mass is 9.78. The normalized spacial score (nSPS) is 37.4. The Labute approximate surface area is 84.1 Å². The second-order valence-corrected chi connectivity index (χ2v) is 4.22. The van der Waals surface area contributed by atoms with Crippen molar-refractivity contribution in [2.24, 2.45) is 5.92 Å². The predicted octanol–water partition coefficient (Wildman–Crippen LogP) is 1.33. The number of hydrogen-bond acceptors (Lipinski definition) is 3. The van der Waals surface area contributed by atoms with Gasteiger partial charge in [-0.1, -0.05) is 13.8 Å². The first-order valence-corrected chi connectivity index (χ1v) is 5.13. The van der Waals surface area contributed by atoms with Crippen LogP contribution in [0.3, 0.4) is 0 Å². The molecule has 0 saturated carbocycles. The van der Waals surface area contributed by atoms with Crippen molar-refractivity contribution in [3.05, 3.63) is 12.2 Å². The smallest absolute Gasteiger partial charge is 0.158 e. The molecule has 1 heterocycles. The van der Waals surface area contributed by atoms with Crippen molar-refractivity contribution in [3.63, 3.8) is 0 Å². The van der Waals surface area contributed by atoms with Gasteiger partial charge >= 0.3 is 0 Å². The predicted molar refractivity (Wildman–Crippen MR) is 52.0 cm³/mol. The molecule has 0 radical (unpaired) electrons. The number of ketones is 1. The summed E-state index contributed by atoms with van der Waals surface area (Å²) in [5.41, 5.74) is -0.369. The second-order valence-electron chi connectivity index (χ2n) is 4.22. The Morgan fingerprint density at radius 1 is 1.50 bits per heavy atom. The molecule has 0 N–H and O–H groups in total. The Morgan fingerprint density at radius 2 is 2.29 bits per heavy atom. The highest BCUT2D eigenvalue weighted by molar-refractivity contribution is 5.91. The number of hydrogen-bond donors (Lipinski definition) is 0. The highest BCUT2D eigenvalue weighted by atomic mass is 16.6. The molecule has 0 amide bonds. The van der Waals surface area contributed by atoms with Gasteiger partial charge in [0.25, 0.3) is 0 Å². The molecule has 1 saturated heterocycles. The van der Waals surface area contributed by atoms with Gasteiger partial charge in [0.15, 0.2) is 5.78 Å². The van der Waals surface area contributed by atoms with E-state index in [0.29, 0.717) is 25.6 Å². The summed E-state index contributed by atoms with van der Waals surface area (Å²) < 4.78 is 11.4. The topological polar surface area (TPSA) is 35.5 Å². The maximum Gasteiger partial charge on any atom is 0.158 e. The van der Waals surface area contributed by atoms with Crippen LogP contribution in [0.25, 0.3) is 0 Å². The third kappa shape index (κ3) is 1.41. The van der Waals surface area contributed by atoms with Crippen molar-refractivity contribution < 1.29 is 14.3 Å². The van der Waals surface area contributed by atoms with Crippen molar-refractivity contribution >= 4 is 5.78 Å². The summed E-state index contributed by atoms with van der Waals surface area (Å²) in [5.74, 6) is 0.467. The molecule has 2 rings (SSSR count). The number of carbonyl (C=O) groups is 1. The van der Waals surface area contributed by atoms with E-state index in [0.717, 1.165) is 0 Å². The van der Waals surface area contributed by atoms with E-state index in [4.69, 9.17) is 9.47 Å². The molecule has 0 spiro atoms. The Balaban J connectivity index is 2.31. The molecule has 14 heavy (non-hydrogen) atoms. The molecule has 78 valence electrons. The minimum atomic E-state index is -0.369. The summed E-state index contributed by atoms with van der Waals surface area (Å²) >= 11 is 0. The van der Waals surface area contributed by atoms with Gasteiger partial charge in [0.1, 0.15) is 5.60 Å². The third-order valence-electron chi connectivity index (χ3n) is 3.08. The van der Waals surface area contributed by atoms with Gasteiger partial charge in [-0.3, -0.25) is 4.79 Å². The number of rotatable bonds is 1. The van der Waals surface area contributed by atoms with Crippen LogP contribution >= 0.6 is 0 Å². The van der Waals surface area contributed by atoms with E-state index in [1.54, 1.807) is 6.08 Å². The lowest BCUT2D eigenvalue weighted by Gasteiger charge is -2.45. The van der Waals surface area contributed by atoms with Crippen molar-refractivity contribution in [2.75, 3.05) is 13.2 Å². The largest absolute Gasteiger partial charge is 0.372 e. The van der Waals surface area contributed by atoms with Gasteiger partial charge in [-0.2, -0.15) is 0 Å². The fourth-order valence-corrected chi connectivity index (χ4v) is 2.21. The van der Waals surface area contributed by atoms with E-state index in [-0.39, 0.29) is 17.5 Å². The molecule has 3 nitrogen and oxygen atoms in total. The molecule has 1 aliphatic heterocycles. The highest BCUT2D eigenvalue weighted by Crippen LogP contribution is 2.36. The van der Waals surface area contributed by atoms with Gasteiger partial charge in [0.05, 0.1) is 19.3 Å². The van der Waals surface area contributed by atoms with Crippen molar-refractivity contribution in [1.29, 1.82) is 0 Å². The van der Waals surface area contributed by atoms with Crippen LogP contribution in [0.5, 0.6) is 0 Å². The molecule has 2 atom stereocenters. The first kappa shape index (κ1) is 9.87. The number of fused-ring (bicyclic) bond motifs is 1. The van der Waals surface area contributed by atoms with Crippen LogP contribution in [0, 0.1) is 5.92 Å². The van der Waals surface area contributed by atoms with E-state index in [1.165, 1.54) is 0 Å². The van der Waals surface area contributed by atoms with E-state index >= 15 is 0 Å².